The van der Waals surface area contributed by atoms with E-state index in [0.29, 0.717) is 23.8 Å². The third kappa shape index (κ3) is 5.07. The zero-order valence-corrected chi connectivity index (χ0v) is 20.9. The number of amides is 1. The van der Waals surface area contributed by atoms with E-state index in [-0.39, 0.29) is 29.8 Å². The zero-order valence-electron chi connectivity index (χ0n) is 19.4. The molecule has 0 radical (unpaired) electrons. The Morgan fingerprint density at radius 2 is 1.80 bits per heavy atom. The van der Waals surface area contributed by atoms with Gasteiger partial charge in [-0.3, -0.25) is 9.59 Å². The van der Waals surface area contributed by atoms with Crippen molar-refractivity contribution in [3.05, 3.63) is 93.7 Å². The molecule has 0 saturated carbocycles. The summed E-state index contributed by atoms with van der Waals surface area (Å²) < 4.78 is 0. The van der Waals surface area contributed by atoms with E-state index in [9.17, 15) is 9.59 Å². The summed E-state index contributed by atoms with van der Waals surface area (Å²) in [6, 6.07) is 23.2. The molecule has 1 aromatic heterocycles. The minimum Gasteiger partial charge on any atom is -1.00 e. The molecule has 1 unspecified atom stereocenters. The molecular formula is C28H26Cl2N3O2-. The van der Waals surface area contributed by atoms with Gasteiger partial charge in [0.1, 0.15) is 5.69 Å². The Labute approximate surface area is 215 Å². The first-order valence-electron chi connectivity index (χ1n) is 11.5. The van der Waals surface area contributed by atoms with Crippen molar-refractivity contribution >= 4 is 39.8 Å². The van der Waals surface area contributed by atoms with E-state index in [2.05, 4.69) is 15.2 Å². The third-order valence-electron chi connectivity index (χ3n) is 6.52. The summed E-state index contributed by atoms with van der Waals surface area (Å²) in [7, 11) is 0. The van der Waals surface area contributed by atoms with Gasteiger partial charge in [0.2, 0.25) is 5.91 Å². The van der Waals surface area contributed by atoms with Crippen LogP contribution in [0.2, 0.25) is 5.02 Å². The number of halogens is 2. The molecule has 1 fully saturated rings. The average Bonchev–Trinajstić information content (AvgIpc) is 2.85. The second kappa shape index (κ2) is 10.5. The largest absolute Gasteiger partial charge is 1.00 e. The number of hydrogen-bond acceptors (Lipinski definition) is 3. The van der Waals surface area contributed by atoms with Crippen LogP contribution in [0.3, 0.4) is 0 Å². The molecule has 180 valence electrons. The molecule has 35 heavy (non-hydrogen) atoms. The summed E-state index contributed by atoms with van der Waals surface area (Å²) in [6.07, 6.45) is 1.61. The zero-order chi connectivity index (χ0) is 23.7. The van der Waals surface area contributed by atoms with E-state index in [1.807, 2.05) is 73.7 Å². The molecule has 1 aliphatic rings. The topological polar surface area (TPSA) is 65.2 Å². The molecule has 5 rings (SSSR count). The van der Waals surface area contributed by atoms with Crippen LogP contribution in [0, 0.1) is 12.8 Å². The number of aromatic amines is 1. The first-order valence-corrected chi connectivity index (χ1v) is 11.9. The maximum Gasteiger partial charge on any atom is 0.272 e. The van der Waals surface area contributed by atoms with Crippen molar-refractivity contribution < 1.29 is 17.2 Å². The Morgan fingerprint density at radius 1 is 1.06 bits per heavy atom. The van der Waals surface area contributed by atoms with Crippen LogP contribution in [0.15, 0.2) is 77.6 Å². The van der Waals surface area contributed by atoms with Crippen molar-refractivity contribution in [1.82, 2.24) is 4.98 Å². The number of carbonyl (C=O) groups is 1. The number of rotatable bonds is 4. The minimum atomic E-state index is -0.216. The quantitative estimate of drug-likeness (QED) is 0.447. The summed E-state index contributed by atoms with van der Waals surface area (Å²) in [5, 5.41) is 4.58. The van der Waals surface area contributed by atoms with Crippen LogP contribution in [-0.2, 0) is 4.79 Å². The Kier molecular flexibility index (Phi) is 7.48. The van der Waals surface area contributed by atoms with Gasteiger partial charge in [-0.2, -0.15) is 0 Å². The van der Waals surface area contributed by atoms with E-state index in [0.717, 1.165) is 46.1 Å². The van der Waals surface area contributed by atoms with Crippen LogP contribution in [0.4, 0.5) is 11.4 Å². The van der Waals surface area contributed by atoms with Gasteiger partial charge in [0.15, 0.2) is 0 Å². The van der Waals surface area contributed by atoms with Gasteiger partial charge in [-0.15, -0.1) is 0 Å². The lowest BCUT2D eigenvalue weighted by molar-refractivity contribution is -0.120. The SMILES string of the molecule is Cc1ccccc1NC(=O)C1CCCN(c2c(-c3ccccc3)c3cc(Cl)ccc3[nH]c2=O)C1.[Cl-]. The van der Waals surface area contributed by atoms with Crippen molar-refractivity contribution in [2.24, 2.45) is 5.92 Å². The van der Waals surface area contributed by atoms with E-state index in [1.165, 1.54) is 0 Å². The van der Waals surface area contributed by atoms with E-state index < -0.39 is 0 Å². The van der Waals surface area contributed by atoms with Gasteiger partial charge in [-0.1, -0.05) is 60.1 Å². The van der Waals surface area contributed by atoms with Crippen LogP contribution in [0.25, 0.3) is 22.0 Å². The monoisotopic (exact) mass is 506 g/mol. The van der Waals surface area contributed by atoms with Gasteiger partial charge >= 0.3 is 0 Å². The van der Waals surface area contributed by atoms with Crippen molar-refractivity contribution in [1.29, 1.82) is 0 Å². The number of aromatic nitrogens is 1. The first-order chi connectivity index (χ1) is 16.5. The van der Waals surface area contributed by atoms with Gasteiger partial charge in [-0.25, -0.2) is 0 Å². The molecule has 2 N–H and O–H groups in total. The Balaban J connectivity index is 0.00000289. The van der Waals surface area contributed by atoms with Gasteiger partial charge in [0, 0.05) is 40.3 Å². The molecule has 1 saturated heterocycles. The maximum atomic E-state index is 13.4. The summed E-state index contributed by atoms with van der Waals surface area (Å²) in [4.78, 5) is 31.6. The lowest BCUT2D eigenvalue weighted by atomic mass is 9.93. The molecule has 3 aromatic carbocycles. The number of fused-ring (bicyclic) bond motifs is 1. The molecule has 1 atom stereocenters. The molecule has 0 aliphatic carbocycles. The van der Waals surface area contributed by atoms with Gasteiger partial charge in [0.05, 0.1) is 5.92 Å². The second-order valence-corrected chi connectivity index (χ2v) is 9.26. The van der Waals surface area contributed by atoms with Crippen molar-refractivity contribution in [2.45, 2.75) is 19.8 Å². The number of H-pyrrole nitrogens is 1. The van der Waals surface area contributed by atoms with E-state index in [4.69, 9.17) is 11.6 Å². The number of hydrogen-bond donors (Lipinski definition) is 2. The fraction of sp³-hybridized carbons (Fsp3) is 0.214. The van der Waals surface area contributed by atoms with Crippen molar-refractivity contribution in [3.63, 3.8) is 0 Å². The van der Waals surface area contributed by atoms with Crippen LogP contribution >= 0.6 is 11.6 Å². The summed E-state index contributed by atoms with van der Waals surface area (Å²) >= 11 is 6.35. The molecule has 7 heteroatoms. The summed E-state index contributed by atoms with van der Waals surface area (Å²) in [5.74, 6) is -0.230. The number of nitrogens with zero attached hydrogens (tertiary/aromatic N) is 1. The van der Waals surface area contributed by atoms with Gasteiger partial charge in [-0.05, 0) is 55.2 Å². The summed E-state index contributed by atoms with van der Waals surface area (Å²) in [5.41, 5.74) is 4.82. The highest BCUT2D eigenvalue weighted by Crippen LogP contribution is 2.37. The molecule has 1 amide bonds. The normalized spacial score (nSPS) is 15.5. The highest BCUT2D eigenvalue weighted by molar-refractivity contribution is 6.31. The number of nitrogens with one attached hydrogen (secondary N) is 2. The minimum absolute atomic E-state index is 0. The lowest BCUT2D eigenvalue weighted by Gasteiger charge is -2.34. The Bertz CT molecular complexity index is 1420. The molecule has 1 aliphatic heterocycles. The predicted molar refractivity (Wildman–Crippen MR) is 140 cm³/mol. The van der Waals surface area contributed by atoms with E-state index in [1.54, 1.807) is 6.07 Å². The van der Waals surface area contributed by atoms with Crippen LogP contribution < -0.4 is 28.2 Å². The van der Waals surface area contributed by atoms with Crippen LogP contribution in [-0.4, -0.2) is 24.0 Å². The molecule has 4 aromatic rings. The molecule has 0 bridgehead atoms. The fourth-order valence-electron chi connectivity index (χ4n) is 4.80. The van der Waals surface area contributed by atoms with Gasteiger partial charge in [0.25, 0.3) is 5.56 Å². The highest BCUT2D eigenvalue weighted by atomic mass is 35.5. The third-order valence-corrected chi connectivity index (χ3v) is 6.76. The fourth-order valence-corrected chi connectivity index (χ4v) is 4.97. The van der Waals surface area contributed by atoms with Gasteiger partial charge < -0.3 is 27.6 Å². The van der Waals surface area contributed by atoms with E-state index >= 15 is 0 Å². The van der Waals surface area contributed by atoms with Crippen molar-refractivity contribution in [2.75, 3.05) is 23.3 Å². The predicted octanol–water partition coefficient (Wildman–Crippen LogP) is 3.02. The molecular weight excluding hydrogens is 481 g/mol. The van der Waals surface area contributed by atoms with Crippen LogP contribution in [0.1, 0.15) is 18.4 Å². The number of aryl methyl sites for hydroxylation is 1. The maximum absolute atomic E-state index is 13.4. The van der Waals surface area contributed by atoms with Crippen molar-refractivity contribution in [3.8, 4) is 11.1 Å². The smallest absolute Gasteiger partial charge is 0.272 e. The lowest BCUT2D eigenvalue weighted by Crippen LogP contribution is -3.00. The molecule has 2 heterocycles. The Hall–Kier alpha value is -3.28. The highest BCUT2D eigenvalue weighted by Gasteiger charge is 2.29. The number of benzene rings is 3. The molecule has 0 spiro atoms. The first kappa shape index (κ1) is 24.8. The summed E-state index contributed by atoms with van der Waals surface area (Å²) in [6.45, 7) is 3.17. The number of pyridine rings is 1. The number of carbonyl (C=O) groups excluding carboxylic acids is 1. The second-order valence-electron chi connectivity index (χ2n) is 8.82. The van der Waals surface area contributed by atoms with Crippen LogP contribution in [0.5, 0.6) is 0 Å². The molecule has 5 nitrogen and oxygen atoms in total. The Morgan fingerprint density at radius 3 is 2.57 bits per heavy atom. The number of piperidine rings is 1. The average molecular weight is 507 g/mol. The number of anilines is 2. The standard InChI is InChI=1S/C28H26ClN3O2.ClH/c1-18-8-5-6-12-23(18)30-27(33)20-11-7-15-32(17-20)26-25(19-9-3-2-4-10-19)22-16-21(29)13-14-24(22)31-28(26)34;/h2-6,8-10,12-14,16,20H,7,11,15,17H2,1H3,(H,30,33)(H,31,34);1H/p-1. The number of para-hydroxylation sites is 1.